The lowest BCUT2D eigenvalue weighted by atomic mass is 10.1. The molecule has 8 heteroatoms. The van der Waals surface area contributed by atoms with Crippen LogP contribution < -0.4 is 15.7 Å². The number of benzene rings is 2. The third kappa shape index (κ3) is 3.40. The summed E-state index contributed by atoms with van der Waals surface area (Å²) in [5.41, 5.74) is 5.15. The number of hydrogen-bond acceptors (Lipinski definition) is 6. The summed E-state index contributed by atoms with van der Waals surface area (Å²) in [5.74, 6) is 0.862. The second-order valence-corrected chi connectivity index (χ2v) is 5.74. The van der Waals surface area contributed by atoms with E-state index in [1.54, 1.807) is 37.6 Å². The molecule has 3 N–H and O–H groups in total. The van der Waals surface area contributed by atoms with E-state index in [-0.39, 0.29) is 17.2 Å². The summed E-state index contributed by atoms with van der Waals surface area (Å²) in [4.78, 5) is 18.1. The van der Waals surface area contributed by atoms with Crippen LogP contribution in [0.15, 0.2) is 64.6 Å². The van der Waals surface area contributed by atoms with E-state index in [1.165, 1.54) is 0 Å². The Labute approximate surface area is 153 Å². The zero-order chi connectivity index (χ0) is 18.6. The summed E-state index contributed by atoms with van der Waals surface area (Å²) >= 11 is 0. The molecule has 0 radical (unpaired) electrons. The number of hydrazone groups is 1. The number of para-hydroxylation sites is 1. The molecule has 0 bridgehead atoms. The number of fused-ring (bicyclic) bond motifs is 1. The van der Waals surface area contributed by atoms with Gasteiger partial charge in [-0.25, -0.2) is 5.43 Å². The van der Waals surface area contributed by atoms with Crippen LogP contribution in [0.2, 0.25) is 0 Å². The van der Waals surface area contributed by atoms with Crippen molar-refractivity contribution in [1.82, 2.24) is 20.2 Å². The summed E-state index contributed by atoms with van der Waals surface area (Å²) < 4.78 is 5.11. The number of aromatic amines is 2. The largest absolute Gasteiger partial charge is 0.497 e. The van der Waals surface area contributed by atoms with E-state index in [2.05, 4.69) is 30.7 Å². The van der Waals surface area contributed by atoms with Crippen LogP contribution in [-0.2, 0) is 0 Å². The maximum absolute atomic E-state index is 12.3. The average molecular weight is 360 g/mol. The zero-order valence-corrected chi connectivity index (χ0v) is 14.4. The van der Waals surface area contributed by atoms with Crippen LogP contribution in [0.25, 0.3) is 22.2 Å². The Hall–Kier alpha value is -3.94. The van der Waals surface area contributed by atoms with Crippen molar-refractivity contribution < 1.29 is 4.74 Å². The van der Waals surface area contributed by atoms with E-state index in [1.807, 2.05) is 30.5 Å². The van der Waals surface area contributed by atoms with Crippen LogP contribution in [0.5, 0.6) is 5.75 Å². The van der Waals surface area contributed by atoms with Crippen LogP contribution in [0.3, 0.4) is 0 Å². The Kier molecular flexibility index (Phi) is 4.36. The molecule has 8 nitrogen and oxygen atoms in total. The fraction of sp³-hybridized carbons (Fsp3) is 0.0526. The van der Waals surface area contributed by atoms with E-state index >= 15 is 0 Å². The van der Waals surface area contributed by atoms with Gasteiger partial charge in [-0.05, 0) is 30.3 Å². The Balaban J connectivity index is 1.51. The van der Waals surface area contributed by atoms with Crippen LogP contribution in [0.1, 0.15) is 5.56 Å². The van der Waals surface area contributed by atoms with Gasteiger partial charge in [-0.3, -0.25) is 9.78 Å². The zero-order valence-electron chi connectivity index (χ0n) is 14.4. The van der Waals surface area contributed by atoms with Gasteiger partial charge in [0, 0.05) is 28.2 Å². The minimum Gasteiger partial charge on any atom is -0.497 e. The molecule has 2 aromatic heterocycles. The Morgan fingerprint density at radius 2 is 1.93 bits per heavy atom. The molecule has 2 heterocycles. The number of anilines is 1. The molecule has 0 unspecified atom stereocenters. The third-order valence-corrected chi connectivity index (χ3v) is 4.06. The maximum Gasteiger partial charge on any atom is 0.279 e. The number of rotatable bonds is 5. The summed E-state index contributed by atoms with van der Waals surface area (Å²) in [6.07, 6.45) is 3.51. The number of ether oxygens (including phenoxy) is 1. The van der Waals surface area contributed by atoms with Crippen molar-refractivity contribution in [2.45, 2.75) is 0 Å². The number of methoxy groups -OCH3 is 1. The van der Waals surface area contributed by atoms with Crippen molar-refractivity contribution in [2.75, 3.05) is 12.5 Å². The van der Waals surface area contributed by atoms with Crippen molar-refractivity contribution in [3.05, 3.63) is 70.6 Å². The van der Waals surface area contributed by atoms with Crippen LogP contribution in [0, 0.1) is 0 Å². The van der Waals surface area contributed by atoms with Crippen LogP contribution in [0.4, 0.5) is 5.95 Å². The predicted molar refractivity (Wildman–Crippen MR) is 104 cm³/mol. The highest BCUT2D eigenvalue weighted by molar-refractivity contribution is 5.99. The van der Waals surface area contributed by atoms with Crippen molar-refractivity contribution in [2.24, 2.45) is 5.10 Å². The Morgan fingerprint density at radius 3 is 2.70 bits per heavy atom. The minimum absolute atomic E-state index is 0.161. The summed E-state index contributed by atoms with van der Waals surface area (Å²) in [6, 6.07) is 14.9. The van der Waals surface area contributed by atoms with Crippen molar-refractivity contribution in [3.8, 4) is 17.0 Å². The van der Waals surface area contributed by atoms with Gasteiger partial charge in [-0.2, -0.15) is 5.10 Å². The Bertz CT molecular complexity index is 1160. The van der Waals surface area contributed by atoms with E-state index in [4.69, 9.17) is 4.74 Å². The molecule has 0 aliphatic heterocycles. The molecule has 0 amide bonds. The Morgan fingerprint density at radius 1 is 1.11 bits per heavy atom. The van der Waals surface area contributed by atoms with Gasteiger partial charge >= 0.3 is 0 Å². The number of nitrogens with one attached hydrogen (secondary N) is 3. The molecule has 134 valence electrons. The second kappa shape index (κ2) is 7.12. The quantitative estimate of drug-likeness (QED) is 0.375. The smallest absolute Gasteiger partial charge is 0.279 e. The van der Waals surface area contributed by atoms with Crippen molar-refractivity contribution in [1.29, 1.82) is 0 Å². The number of aromatic nitrogens is 4. The number of nitrogens with zero attached hydrogens (tertiary/aromatic N) is 3. The van der Waals surface area contributed by atoms with E-state index in [0.29, 0.717) is 11.3 Å². The molecule has 4 aromatic rings. The fourth-order valence-corrected chi connectivity index (χ4v) is 2.69. The molecule has 0 saturated heterocycles. The maximum atomic E-state index is 12.3. The fourth-order valence-electron chi connectivity index (χ4n) is 2.69. The lowest BCUT2D eigenvalue weighted by Gasteiger charge is -2.03. The van der Waals surface area contributed by atoms with Crippen LogP contribution in [-0.4, -0.2) is 33.5 Å². The van der Waals surface area contributed by atoms with Gasteiger partial charge in [-0.1, -0.05) is 18.2 Å². The first-order valence-electron chi connectivity index (χ1n) is 8.21. The molecule has 2 aromatic carbocycles. The lowest BCUT2D eigenvalue weighted by molar-refractivity contribution is 0.415. The number of hydrogen-bond donors (Lipinski definition) is 3. The number of H-pyrrole nitrogens is 2. The molecule has 4 rings (SSSR count). The molecule has 0 fully saturated rings. The SMILES string of the molecule is COc1ccc(-c2nnc(N/N=C/c3c[nH]c4ccccc34)[nH]c2=O)cc1. The molecular weight excluding hydrogens is 344 g/mol. The summed E-state index contributed by atoms with van der Waals surface area (Å²) in [7, 11) is 1.58. The average Bonchev–Trinajstić information content (AvgIpc) is 3.12. The third-order valence-electron chi connectivity index (χ3n) is 4.06. The summed E-state index contributed by atoms with van der Waals surface area (Å²) in [5, 5.41) is 13.1. The van der Waals surface area contributed by atoms with Crippen molar-refractivity contribution >= 4 is 23.1 Å². The standard InChI is InChI=1S/C19H16N6O2/c1-27-14-8-6-12(7-9-14)17-18(26)22-19(25-23-17)24-21-11-13-10-20-16-5-3-2-4-15(13)16/h2-11,20H,1H3,(H2,22,24,25,26)/b21-11+. The predicted octanol–water partition coefficient (Wildman–Crippen LogP) is 2.77. The monoisotopic (exact) mass is 360 g/mol. The van der Waals surface area contributed by atoms with Crippen molar-refractivity contribution in [3.63, 3.8) is 0 Å². The first-order chi connectivity index (χ1) is 13.2. The first-order valence-corrected chi connectivity index (χ1v) is 8.21. The van der Waals surface area contributed by atoms with E-state index in [9.17, 15) is 4.79 Å². The highest BCUT2D eigenvalue weighted by Crippen LogP contribution is 2.18. The molecule has 0 aliphatic rings. The van der Waals surface area contributed by atoms with Gasteiger partial charge in [0.1, 0.15) is 5.75 Å². The van der Waals surface area contributed by atoms with Gasteiger partial charge < -0.3 is 9.72 Å². The molecule has 0 spiro atoms. The minimum atomic E-state index is -0.361. The molecule has 0 aliphatic carbocycles. The highest BCUT2D eigenvalue weighted by Gasteiger charge is 2.07. The van der Waals surface area contributed by atoms with Gasteiger partial charge in [0.15, 0.2) is 5.69 Å². The van der Waals surface area contributed by atoms with E-state index in [0.717, 1.165) is 16.5 Å². The molecular formula is C19H16N6O2. The first kappa shape index (κ1) is 16.5. The van der Waals surface area contributed by atoms with Gasteiger partial charge in [0.05, 0.1) is 13.3 Å². The molecule has 0 atom stereocenters. The lowest BCUT2D eigenvalue weighted by Crippen LogP contribution is -2.15. The van der Waals surface area contributed by atoms with Gasteiger partial charge in [0.25, 0.3) is 5.56 Å². The van der Waals surface area contributed by atoms with Gasteiger partial charge in [-0.15, -0.1) is 10.2 Å². The van der Waals surface area contributed by atoms with Crippen LogP contribution >= 0.6 is 0 Å². The second-order valence-electron chi connectivity index (χ2n) is 5.74. The molecule has 27 heavy (non-hydrogen) atoms. The summed E-state index contributed by atoms with van der Waals surface area (Å²) in [6.45, 7) is 0. The normalized spacial score (nSPS) is 11.1. The van der Waals surface area contributed by atoms with Gasteiger partial charge in [0.2, 0.25) is 5.95 Å². The van der Waals surface area contributed by atoms with E-state index < -0.39 is 0 Å². The highest BCUT2D eigenvalue weighted by atomic mass is 16.5. The topological polar surface area (TPSA) is 108 Å². The molecule has 0 saturated carbocycles.